The van der Waals surface area contributed by atoms with Gasteiger partial charge in [-0.1, -0.05) is 0 Å². The highest BCUT2D eigenvalue weighted by molar-refractivity contribution is 5.80. The van der Waals surface area contributed by atoms with Gasteiger partial charge in [-0.3, -0.25) is 4.79 Å². The number of hydrogen-bond donors (Lipinski definition) is 1. The number of hydrogen-bond acceptors (Lipinski definition) is 3. The number of fused-ring (bicyclic) bond motifs is 2. The summed E-state index contributed by atoms with van der Waals surface area (Å²) >= 11 is 0. The third-order valence-electron chi connectivity index (χ3n) is 5.36. The largest absolute Gasteiger partial charge is 0.377 e. The second kappa shape index (κ2) is 5.41. The topological polar surface area (TPSA) is 55.6 Å². The molecule has 0 aromatic rings. The Morgan fingerprint density at radius 1 is 1.32 bits per heavy atom. The molecule has 19 heavy (non-hydrogen) atoms. The van der Waals surface area contributed by atoms with E-state index in [1.54, 1.807) is 0 Å². The van der Waals surface area contributed by atoms with Gasteiger partial charge in [-0.15, -0.1) is 0 Å². The monoisotopic (exact) mass is 266 g/mol. The Bertz CT molecular complexity index is 343. The Hall–Kier alpha value is -0.610. The molecule has 3 aliphatic rings. The van der Waals surface area contributed by atoms with Gasteiger partial charge in [-0.05, 0) is 50.9 Å². The van der Waals surface area contributed by atoms with Gasteiger partial charge in [-0.25, -0.2) is 0 Å². The van der Waals surface area contributed by atoms with Crippen LogP contribution in [-0.2, 0) is 9.53 Å². The summed E-state index contributed by atoms with van der Waals surface area (Å²) in [7, 11) is 0. The van der Waals surface area contributed by atoms with Crippen molar-refractivity contribution in [2.45, 2.75) is 51.2 Å². The van der Waals surface area contributed by atoms with Gasteiger partial charge in [0.05, 0.1) is 12.0 Å². The van der Waals surface area contributed by atoms with Crippen molar-refractivity contribution in [3.63, 3.8) is 0 Å². The van der Waals surface area contributed by atoms with E-state index in [2.05, 4.69) is 0 Å². The van der Waals surface area contributed by atoms with Crippen molar-refractivity contribution in [1.82, 2.24) is 4.90 Å². The smallest absolute Gasteiger partial charge is 0.227 e. The number of carbonyl (C=O) groups is 1. The van der Waals surface area contributed by atoms with Crippen molar-refractivity contribution in [3.05, 3.63) is 0 Å². The molecule has 3 rings (SSSR count). The van der Waals surface area contributed by atoms with Crippen LogP contribution in [0.2, 0.25) is 0 Å². The van der Waals surface area contributed by atoms with Gasteiger partial charge in [0.25, 0.3) is 0 Å². The lowest BCUT2D eigenvalue weighted by molar-refractivity contribution is -0.141. The Morgan fingerprint density at radius 2 is 2.11 bits per heavy atom. The molecule has 0 spiro atoms. The number of nitrogens with two attached hydrogens (primary N) is 1. The third-order valence-corrected chi connectivity index (χ3v) is 5.36. The fourth-order valence-corrected chi connectivity index (χ4v) is 4.42. The molecule has 2 N–H and O–H groups in total. The van der Waals surface area contributed by atoms with Crippen LogP contribution < -0.4 is 5.73 Å². The molecule has 1 amide bonds. The first-order valence-electron chi connectivity index (χ1n) is 7.86. The predicted molar refractivity (Wildman–Crippen MR) is 73.5 cm³/mol. The molecule has 5 unspecified atom stereocenters. The summed E-state index contributed by atoms with van der Waals surface area (Å²) in [6, 6.07) is 0.110. The molecule has 0 aromatic heterocycles. The summed E-state index contributed by atoms with van der Waals surface area (Å²) in [5.74, 6) is 1.56. The number of carbonyl (C=O) groups excluding carboxylic acids is 1. The molecular weight excluding hydrogens is 240 g/mol. The molecular formula is C15H26N2O2. The summed E-state index contributed by atoms with van der Waals surface area (Å²) in [5.41, 5.74) is 6.29. The molecule has 1 aliphatic heterocycles. The molecule has 4 heteroatoms. The second-order valence-corrected chi connectivity index (χ2v) is 6.44. The zero-order valence-corrected chi connectivity index (χ0v) is 11.9. The number of nitrogens with zero attached hydrogens (tertiary/aromatic N) is 1. The highest BCUT2D eigenvalue weighted by Gasteiger charge is 2.50. The molecule has 108 valence electrons. The molecule has 2 bridgehead atoms. The van der Waals surface area contributed by atoms with E-state index >= 15 is 0 Å². The summed E-state index contributed by atoms with van der Waals surface area (Å²) in [6.45, 7) is 4.42. The molecule has 0 radical (unpaired) electrons. The number of likely N-dealkylation sites (tertiary alicyclic amines) is 1. The van der Waals surface area contributed by atoms with E-state index in [0.717, 1.165) is 32.5 Å². The number of piperidine rings is 1. The first-order valence-corrected chi connectivity index (χ1v) is 7.86. The van der Waals surface area contributed by atoms with Gasteiger partial charge < -0.3 is 15.4 Å². The maximum absolute atomic E-state index is 12.7. The fraction of sp³-hybridized carbons (Fsp3) is 0.933. The number of ether oxygens (including phenoxy) is 1. The highest BCUT2D eigenvalue weighted by Crippen LogP contribution is 2.48. The Labute approximate surface area is 115 Å². The van der Waals surface area contributed by atoms with Crippen molar-refractivity contribution < 1.29 is 9.53 Å². The zero-order chi connectivity index (χ0) is 13.4. The standard InChI is InChI=1S/C15H26N2O2/c1-2-19-12-4-3-7-17(9-12)15(18)13-10-5-6-11(8-10)14(13)16/h10-14H,2-9,16H2,1H3. The minimum absolute atomic E-state index is 0.0964. The van der Waals surface area contributed by atoms with E-state index < -0.39 is 0 Å². The fourth-order valence-electron chi connectivity index (χ4n) is 4.42. The molecule has 2 saturated carbocycles. The molecule has 1 heterocycles. The van der Waals surface area contributed by atoms with E-state index in [-0.39, 0.29) is 18.1 Å². The van der Waals surface area contributed by atoms with Crippen LogP contribution in [0.25, 0.3) is 0 Å². The summed E-state index contributed by atoms with van der Waals surface area (Å²) in [4.78, 5) is 14.8. The van der Waals surface area contributed by atoms with Crippen LogP contribution >= 0.6 is 0 Å². The quantitative estimate of drug-likeness (QED) is 0.840. The lowest BCUT2D eigenvalue weighted by Gasteiger charge is -2.37. The lowest BCUT2D eigenvalue weighted by atomic mass is 9.83. The second-order valence-electron chi connectivity index (χ2n) is 6.44. The van der Waals surface area contributed by atoms with Crippen LogP contribution in [0.1, 0.15) is 39.0 Å². The Kier molecular flexibility index (Phi) is 3.81. The molecule has 1 saturated heterocycles. The van der Waals surface area contributed by atoms with Gasteiger partial charge in [0.1, 0.15) is 0 Å². The first-order chi connectivity index (χ1) is 9.20. The first kappa shape index (κ1) is 13.4. The van der Waals surface area contributed by atoms with Crippen molar-refractivity contribution >= 4 is 5.91 Å². The van der Waals surface area contributed by atoms with Gasteiger partial charge >= 0.3 is 0 Å². The van der Waals surface area contributed by atoms with Crippen LogP contribution in [0.4, 0.5) is 0 Å². The molecule has 0 aromatic carbocycles. The molecule has 2 aliphatic carbocycles. The third kappa shape index (κ3) is 2.40. The molecule has 5 atom stereocenters. The van der Waals surface area contributed by atoms with Gasteiger partial charge in [0.2, 0.25) is 5.91 Å². The van der Waals surface area contributed by atoms with Crippen molar-refractivity contribution in [1.29, 1.82) is 0 Å². The summed E-state index contributed by atoms with van der Waals surface area (Å²) in [6.07, 6.45) is 6.00. The Balaban J connectivity index is 1.63. The van der Waals surface area contributed by atoms with Crippen LogP contribution in [0.15, 0.2) is 0 Å². The zero-order valence-electron chi connectivity index (χ0n) is 11.9. The SMILES string of the molecule is CCOC1CCCN(C(=O)C2C3CCC(C3)C2N)C1. The summed E-state index contributed by atoms with van der Waals surface area (Å²) in [5, 5.41) is 0. The van der Waals surface area contributed by atoms with Crippen molar-refractivity contribution in [2.75, 3.05) is 19.7 Å². The van der Waals surface area contributed by atoms with Crippen molar-refractivity contribution in [3.8, 4) is 0 Å². The average molecular weight is 266 g/mol. The molecule has 3 fully saturated rings. The van der Waals surface area contributed by atoms with Crippen LogP contribution in [0.5, 0.6) is 0 Å². The number of amides is 1. The minimum atomic E-state index is 0.0964. The van der Waals surface area contributed by atoms with Crippen LogP contribution in [-0.4, -0.2) is 42.6 Å². The highest BCUT2D eigenvalue weighted by atomic mass is 16.5. The lowest BCUT2D eigenvalue weighted by Crippen LogP contribution is -2.51. The Morgan fingerprint density at radius 3 is 2.79 bits per heavy atom. The van der Waals surface area contributed by atoms with Gasteiger partial charge in [0, 0.05) is 25.7 Å². The average Bonchev–Trinajstić information content (AvgIpc) is 2.99. The van der Waals surface area contributed by atoms with E-state index in [4.69, 9.17) is 10.5 Å². The van der Waals surface area contributed by atoms with Crippen LogP contribution in [0.3, 0.4) is 0 Å². The van der Waals surface area contributed by atoms with Gasteiger partial charge in [0.15, 0.2) is 0 Å². The van der Waals surface area contributed by atoms with E-state index in [1.165, 1.54) is 19.3 Å². The number of rotatable bonds is 3. The minimum Gasteiger partial charge on any atom is -0.377 e. The van der Waals surface area contributed by atoms with Gasteiger partial charge in [-0.2, -0.15) is 0 Å². The predicted octanol–water partition coefficient (Wildman–Crippen LogP) is 1.39. The maximum atomic E-state index is 12.7. The normalized spacial score (nSPS) is 41.8. The van der Waals surface area contributed by atoms with E-state index in [1.807, 2.05) is 11.8 Å². The van der Waals surface area contributed by atoms with Crippen LogP contribution in [0, 0.1) is 17.8 Å². The summed E-state index contributed by atoms with van der Waals surface area (Å²) < 4.78 is 5.69. The van der Waals surface area contributed by atoms with Crippen molar-refractivity contribution in [2.24, 2.45) is 23.5 Å². The van der Waals surface area contributed by atoms with E-state index in [0.29, 0.717) is 17.7 Å². The molecule has 4 nitrogen and oxygen atoms in total. The van der Waals surface area contributed by atoms with E-state index in [9.17, 15) is 4.79 Å². The maximum Gasteiger partial charge on any atom is 0.227 e.